The van der Waals surface area contributed by atoms with Gasteiger partial charge in [-0.05, 0) is 25.1 Å². The van der Waals surface area contributed by atoms with Gasteiger partial charge in [0.15, 0.2) is 0 Å². The molecule has 1 heterocycles. The van der Waals surface area contributed by atoms with Crippen LogP contribution in [0.5, 0.6) is 0 Å². The zero-order valence-electron chi connectivity index (χ0n) is 10.5. The van der Waals surface area contributed by atoms with Crippen molar-refractivity contribution < 1.29 is 14.3 Å². The van der Waals surface area contributed by atoms with E-state index in [9.17, 15) is 14.3 Å². The maximum Gasteiger partial charge on any atom is 0.265 e. The Hall–Kier alpha value is -1.17. The highest BCUT2D eigenvalue weighted by molar-refractivity contribution is 7.21. The molecule has 0 spiro atoms. The Kier molecular flexibility index (Phi) is 4.08. The molecule has 0 radical (unpaired) electrons. The van der Waals surface area contributed by atoms with Gasteiger partial charge in [0.25, 0.3) is 5.91 Å². The van der Waals surface area contributed by atoms with E-state index in [0.29, 0.717) is 20.0 Å². The number of amides is 1. The van der Waals surface area contributed by atoms with Gasteiger partial charge in [0.1, 0.15) is 10.7 Å². The minimum atomic E-state index is -0.612. The first-order valence-electron chi connectivity index (χ1n) is 5.71. The fraction of sp³-hybridized carbons (Fsp3) is 0.308. The van der Waals surface area contributed by atoms with E-state index in [4.69, 9.17) is 11.6 Å². The summed E-state index contributed by atoms with van der Waals surface area (Å²) in [5.41, 5.74) is 0. The average molecular weight is 302 g/mol. The molecule has 0 aliphatic rings. The van der Waals surface area contributed by atoms with E-state index in [1.807, 2.05) is 0 Å². The first-order valence-corrected chi connectivity index (χ1v) is 6.90. The highest BCUT2D eigenvalue weighted by Crippen LogP contribution is 2.36. The maximum absolute atomic E-state index is 13.1. The molecule has 19 heavy (non-hydrogen) atoms. The van der Waals surface area contributed by atoms with Crippen molar-refractivity contribution in [1.82, 2.24) is 4.90 Å². The Balaban J connectivity index is 2.40. The van der Waals surface area contributed by atoms with Crippen molar-refractivity contribution in [2.24, 2.45) is 0 Å². The van der Waals surface area contributed by atoms with Gasteiger partial charge in [-0.15, -0.1) is 11.3 Å². The minimum Gasteiger partial charge on any atom is -0.392 e. The smallest absolute Gasteiger partial charge is 0.265 e. The minimum absolute atomic E-state index is 0.220. The van der Waals surface area contributed by atoms with Crippen LogP contribution in [0.3, 0.4) is 0 Å². The van der Waals surface area contributed by atoms with E-state index < -0.39 is 6.10 Å². The lowest BCUT2D eigenvalue weighted by molar-refractivity contribution is 0.0708. The molecule has 0 saturated heterocycles. The van der Waals surface area contributed by atoms with E-state index >= 15 is 0 Å². The summed E-state index contributed by atoms with van der Waals surface area (Å²) < 4.78 is 13.8. The van der Waals surface area contributed by atoms with Crippen LogP contribution in [-0.2, 0) is 0 Å². The second kappa shape index (κ2) is 5.45. The van der Waals surface area contributed by atoms with Crippen LogP contribution in [-0.4, -0.2) is 35.6 Å². The molecular formula is C13H13ClFNO2S. The fourth-order valence-corrected chi connectivity index (χ4v) is 3.36. The molecule has 0 aliphatic carbocycles. The van der Waals surface area contributed by atoms with Gasteiger partial charge in [0.05, 0.1) is 11.1 Å². The molecule has 1 unspecified atom stereocenters. The summed E-state index contributed by atoms with van der Waals surface area (Å²) in [6, 6.07) is 4.24. The van der Waals surface area contributed by atoms with Gasteiger partial charge in [-0.3, -0.25) is 4.79 Å². The largest absolute Gasteiger partial charge is 0.392 e. The zero-order valence-corrected chi connectivity index (χ0v) is 12.1. The van der Waals surface area contributed by atoms with Crippen LogP contribution in [0.25, 0.3) is 10.1 Å². The summed E-state index contributed by atoms with van der Waals surface area (Å²) in [7, 11) is 1.59. The van der Waals surface area contributed by atoms with E-state index in [-0.39, 0.29) is 18.3 Å². The Morgan fingerprint density at radius 1 is 1.58 bits per heavy atom. The van der Waals surface area contributed by atoms with Gasteiger partial charge in [-0.2, -0.15) is 0 Å². The number of benzene rings is 1. The Morgan fingerprint density at radius 2 is 2.26 bits per heavy atom. The second-order valence-electron chi connectivity index (χ2n) is 4.42. The number of nitrogens with zero attached hydrogens (tertiary/aromatic N) is 1. The molecule has 0 fully saturated rings. The number of likely N-dealkylation sites (N-methyl/N-ethyl adjacent to an activating group) is 1. The van der Waals surface area contributed by atoms with Crippen LogP contribution < -0.4 is 0 Å². The number of halogens is 2. The predicted octanol–water partition coefficient (Wildman–Crippen LogP) is 3.15. The number of hydrogen-bond donors (Lipinski definition) is 1. The number of aliphatic hydroxyl groups excluding tert-OH is 1. The van der Waals surface area contributed by atoms with Crippen LogP contribution in [0.15, 0.2) is 18.2 Å². The summed E-state index contributed by atoms with van der Waals surface area (Å²) in [5.74, 6) is -0.630. The monoisotopic (exact) mass is 301 g/mol. The molecule has 3 nitrogen and oxygen atoms in total. The highest BCUT2D eigenvalue weighted by Gasteiger charge is 2.21. The van der Waals surface area contributed by atoms with Crippen molar-refractivity contribution in [2.75, 3.05) is 13.6 Å². The van der Waals surface area contributed by atoms with Crippen LogP contribution in [0, 0.1) is 5.82 Å². The van der Waals surface area contributed by atoms with Gasteiger partial charge in [-0.1, -0.05) is 11.6 Å². The van der Waals surface area contributed by atoms with Crippen molar-refractivity contribution in [1.29, 1.82) is 0 Å². The second-order valence-corrected chi connectivity index (χ2v) is 5.85. The summed E-state index contributed by atoms with van der Waals surface area (Å²) in [5, 5.41) is 10.3. The third-order valence-electron chi connectivity index (χ3n) is 2.67. The molecule has 1 aromatic heterocycles. The number of hydrogen-bond acceptors (Lipinski definition) is 3. The summed E-state index contributed by atoms with van der Waals surface area (Å²) in [4.78, 5) is 14.0. The zero-order chi connectivity index (χ0) is 14.2. The average Bonchev–Trinajstić information content (AvgIpc) is 2.64. The van der Waals surface area contributed by atoms with E-state index in [0.717, 1.165) is 11.3 Å². The first kappa shape index (κ1) is 14.2. The maximum atomic E-state index is 13.1. The molecule has 1 amide bonds. The van der Waals surface area contributed by atoms with Crippen molar-refractivity contribution in [3.05, 3.63) is 33.9 Å². The molecule has 0 bridgehead atoms. The van der Waals surface area contributed by atoms with Gasteiger partial charge in [-0.25, -0.2) is 4.39 Å². The van der Waals surface area contributed by atoms with E-state index in [1.165, 1.54) is 17.0 Å². The summed E-state index contributed by atoms with van der Waals surface area (Å²) >= 11 is 7.32. The third-order valence-corrected chi connectivity index (χ3v) is 4.32. The lowest BCUT2D eigenvalue weighted by Crippen LogP contribution is -2.32. The molecule has 2 rings (SSSR count). The first-order chi connectivity index (χ1) is 8.90. The number of thiophene rings is 1. The lowest BCUT2D eigenvalue weighted by Gasteiger charge is -2.17. The van der Waals surface area contributed by atoms with Gasteiger partial charge >= 0.3 is 0 Å². The SMILES string of the molecule is CC(O)CN(C)C(=O)c1sc2cc(F)ccc2c1Cl. The quantitative estimate of drug-likeness (QED) is 0.946. The lowest BCUT2D eigenvalue weighted by atomic mass is 10.2. The molecule has 0 aliphatic heterocycles. The van der Waals surface area contributed by atoms with Gasteiger partial charge < -0.3 is 10.0 Å². The summed E-state index contributed by atoms with van der Waals surface area (Å²) in [6.45, 7) is 1.82. The fourth-order valence-electron chi connectivity index (χ4n) is 1.83. The number of rotatable bonds is 3. The van der Waals surface area contributed by atoms with Crippen molar-refractivity contribution >= 4 is 38.9 Å². The van der Waals surface area contributed by atoms with Crippen LogP contribution in [0.2, 0.25) is 5.02 Å². The van der Waals surface area contributed by atoms with Crippen molar-refractivity contribution in [2.45, 2.75) is 13.0 Å². The van der Waals surface area contributed by atoms with Gasteiger partial charge in [0, 0.05) is 23.7 Å². The molecular weight excluding hydrogens is 289 g/mol. The third kappa shape index (κ3) is 2.88. The summed E-state index contributed by atoms with van der Waals surface area (Å²) in [6.07, 6.45) is -0.612. The molecule has 1 atom stereocenters. The van der Waals surface area contributed by atoms with Crippen LogP contribution in [0.1, 0.15) is 16.6 Å². The van der Waals surface area contributed by atoms with Crippen LogP contribution in [0.4, 0.5) is 4.39 Å². The molecule has 1 aromatic carbocycles. The highest BCUT2D eigenvalue weighted by atomic mass is 35.5. The van der Waals surface area contributed by atoms with Gasteiger partial charge in [0.2, 0.25) is 0 Å². The normalized spacial score (nSPS) is 12.7. The Labute approximate surface area is 119 Å². The number of carbonyl (C=O) groups excluding carboxylic acids is 1. The predicted molar refractivity (Wildman–Crippen MR) is 75.4 cm³/mol. The topological polar surface area (TPSA) is 40.5 Å². The van der Waals surface area contributed by atoms with E-state index in [1.54, 1.807) is 20.0 Å². The number of aliphatic hydroxyl groups is 1. The molecule has 1 N–H and O–H groups in total. The standard InChI is InChI=1S/C13H13ClFNO2S/c1-7(17)6-16(2)13(18)12-11(14)9-4-3-8(15)5-10(9)19-12/h3-5,7,17H,6H2,1-2H3. The molecule has 2 aromatic rings. The van der Waals surface area contributed by atoms with Crippen molar-refractivity contribution in [3.8, 4) is 0 Å². The number of carbonyl (C=O) groups is 1. The Morgan fingerprint density at radius 3 is 2.89 bits per heavy atom. The van der Waals surface area contributed by atoms with E-state index in [2.05, 4.69) is 0 Å². The number of fused-ring (bicyclic) bond motifs is 1. The molecule has 6 heteroatoms. The Bertz CT molecular complexity index is 626. The molecule has 102 valence electrons. The molecule has 0 saturated carbocycles. The van der Waals surface area contributed by atoms with Crippen molar-refractivity contribution in [3.63, 3.8) is 0 Å². The van der Waals surface area contributed by atoms with Crippen LogP contribution >= 0.6 is 22.9 Å².